The van der Waals surface area contributed by atoms with Crippen molar-refractivity contribution in [3.8, 4) is 11.1 Å². The van der Waals surface area contributed by atoms with Crippen LogP contribution in [0.15, 0.2) is 72.8 Å². The molecule has 0 saturated heterocycles. The lowest BCUT2D eigenvalue weighted by molar-refractivity contribution is -0.124. The van der Waals surface area contributed by atoms with Crippen LogP contribution in [0, 0.1) is 5.92 Å². The van der Waals surface area contributed by atoms with Crippen molar-refractivity contribution in [2.24, 2.45) is 5.92 Å². The second-order valence-corrected chi connectivity index (χ2v) is 9.17. The van der Waals surface area contributed by atoms with E-state index in [0.29, 0.717) is 18.7 Å². The molecule has 1 amide bonds. The minimum atomic E-state index is -0.325. The van der Waals surface area contributed by atoms with Crippen molar-refractivity contribution >= 4 is 23.3 Å². The molecular formula is C31H38N2O3. The Bertz CT molecular complexity index is 1120. The standard InChI is InChI=1S/C31H38N2O3/c1-4-6-7-8-11-23(3)30(34)32-22-24-12-9-13-26(20-24)25-16-18-28(19-17-25)33-29-15-10-14-27(21-29)31(35)36-5-2/h9-10,12-21,23,33H,4-8,11,22H2,1-3H3,(H,32,34). The molecule has 5 heteroatoms. The number of nitrogens with one attached hydrogen (secondary N) is 2. The molecule has 1 unspecified atom stereocenters. The van der Waals surface area contributed by atoms with E-state index in [9.17, 15) is 9.59 Å². The third-order valence-corrected chi connectivity index (χ3v) is 6.21. The van der Waals surface area contributed by atoms with E-state index < -0.39 is 0 Å². The summed E-state index contributed by atoms with van der Waals surface area (Å²) < 4.78 is 5.08. The summed E-state index contributed by atoms with van der Waals surface area (Å²) in [5, 5.41) is 6.43. The van der Waals surface area contributed by atoms with Crippen LogP contribution in [0.3, 0.4) is 0 Å². The Morgan fingerprint density at radius 3 is 2.36 bits per heavy atom. The van der Waals surface area contributed by atoms with Gasteiger partial charge in [-0.1, -0.05) is 75.9 Å². The van der Waals surface area contributed by atoms with E-state index in [1.165, 1.54) is 19.3 Å². The summed E-state index contributed by atoms with van der Waals surface area (Å²) in [6.07, 6.45) is 5.70. The van der Waals surface area contributed by atoms with E-state index in [4.69, 9.17) is 4.74 Å². The van der Waals surface area contributed by atoms with Gasteiger partial charge in [-0.05, 0) is 66.4 Å². The molecule has 190 valence electrons. The van der Waals surface area contributed by atoms with E-state index in [-0.39, 0.29) is 17.8 Å². The van der Waals surface area contributed by atoms with Crippen LogP contribution in [0.25, 0.3) is 11.1 Å². The number of unbranched alkanes of at least 4 members (excludes halogenated alkanes) is 3. The SMILES string of the molecule is CCCCCCC(C)C(=O)NCc1cccc(-c2ccc(Nc3cccc(C(=O)OCC)c3)cc2)c1. The molecule has 0 spiro atoms. The Labute approximate surface area is 215 Å². The predicted octanol–water partition coefficient (Wildman–Crippen LogP) is 7.50. The van der Waals surface area contributed by atoms with Crippen LogP contribution < -0.4 is 10.6 Å². The fourth-order valence-electron chi connectivity index (χ4n) is 4.08. The van der Waals surface area contributed by atoms with Gasteiger partial charge in [0.15, 0.2) is 0 Å². The zero-order chi connectivity index (χ0) is 25.8. The summed E-state index contributed by atoms with van der Waals surface area (Å²) in [6, 6.07) is 23.7. The Hall–Kier alpha value is -3.60. The molecule has 0 bridgehead atoms. The molecule has 0 aliphatic carbocycles. The van der Waals surface area contributed by atoms with Crippen LogP contribution >= 0.6 is 0 Å². The topological polar surface area (TPSA) is 67.4 Å². The third kappa shape index (κ3) is 8.26. The highest BCUT2D eigenvalue weighted by Crippen LogP contribution is 2.25. The number of amides is 1. The first-order valence-corrected chi connectivity index (χ1v) is 13.0. The minimum absolute atomic E-state index is 0.0445. The van der Waals surface area contributed by atoms with Crippen LogP contribution in [-0.2, 0) is 16.1 Å². The third-order valence-electron chi connectivity index (χ3n) is 6.21. The lowest BCUT2D eigenvalue weighted by atomic mass is 10.0. The van der Waals surface area contributed by atoms with Gasteiger partial charge < -0.3 is 15.4 Å². The summed E-state index contributed by atoms with van der Waals surface area (Å²) in [7, 11) is 0. The monoisotopic (exact) mass is 486 g/mol. The zero-order valence-electron chi connectivity index (χ0n) is 21.7. The van der Waals surface area contributed by atoms with Gasteiger partial charge >= 0.3 is 5.97 Å². The first-order chi connectivity index (χ1) is 17.5. The number of ether oxygens (including phenoxy) is 1. The molecule has 3 aromatic carbocycles. The molecule has 0 saturated carbocycles. The van der Waals surface area contributed by atoms with Crippen molar-refractivity contribution in [2.45, 2.75) is 59.4 Å². The summed E-state index contributed by atoms with van der Waals surface area (Å²) >= 11 is 0. The molecule has 5 nitrogen and oxygen atoms in total. The van der Waals surface area contributed by atoms with Gasteiger partial charge in [0.05, 0.1) is 12.2 Å². The quantitative estimate of drug-likeness (QED) is 0.194. The van der Waals surface area contributed by atoms with Crippen molar-refractivity contribution < 1.29 is 14.3 Å². The normalized spacial score (nSPS) is 11.5. The van der Waals surface area contributed by atoms with Crippen LogP contribution in [-0.4, -0.2) is 18.5 Å². The van der Waals surface area contributed by atoms with Crippen LogP contribution in [0.2, 0.25) is 0 Å². The maximum absolute atomic E-state index is 12.5. The number of carbonyl (C=O) groups is 2. The molecule has 1 atom stereocenters. The smallest absolute Gasteiger partial charge is 0.338 e. The maximum Gasteiger partial charge on any atom is 0.338 e. The van der Waals surface area contributed by atoms with Crippen molar-refractivity contribution in [1.29, 1.82) is 0 Å². The van der Waals surface area contributed by atoms with E-state index >= 15 is 0 Å². The second-order valence-electron chi connectivity index (χ2n) is 9.17. The van der Waals surface area contributed by atoms with Crippen molar-refractivity contribution in [1.82, 2.24) is 5.32 Å². The minimum Gasteiger partial charge on any atom is -0.462 e. The Balaban J connectivity index is 1.57. The fourth-order valence-corrected chi connectivity index (χ4v) is 4.08. The lowest BCUT2D eigenvalue weighted by Gasteiger charge is -2.13. The highest BCUT2D eigenvalue weighted by molar-refractivity contribution is 5.90. The van der Waals surface area contributed by atoms with Crippen molar-refractivity contribution in [3.05, 3.63) is 83.9 Å². The molecular weight excluding hydrogens is 448 g/mol. The fraction of sp³-hybridized carbons (Fsp3) is 0.355. The Kier molecular flexibility index (Phi) is 10.6. The van der Waals surface area contributed by atoms with Gasteiger partial charge in [0.25, 0.3) is 0 Å². The first kappa shape index (κ1) is 27.0. The van der Waals surface area contributed by atoms with Crippen LogP contribution in [0.5, 0.6) is 0 Å². The molecule has 0 radical (unpaired) electrons. The van der Waals surface area contributed by atoms with Gasteiger partial charge in [-0.15, -0.1) is 0 Å². The first-order valence-electron chi connectivity index (χ1n) is 13.0. The predicted molar refractivity (Wildman–Crippen MR) is 147 cm³/mol. The van der Waals surface area contributed by atoms with Gasteiger partial charge in [-0.3, -0.25) is 4.79 Å². The molecule has 3 rings (SSSR count). The highest BCUT2D eigenvalue weighted by Gasteiger charge is 2.12. The molecule has 0 fully saturated rings. The van der Waals surface area contributed by atoms with Crippen LogP contribution in [0.1, 0.15) is 68.8 Å². The molecule has 0 aliphatic heterocycles. The molecule has 3 aromatic rings. The summed E-state index contributed by atoms with van der Waals surface area (Å²) in [5.41, 5.74) is 5.55. The van der Waals surface area contributed by atoms with Gasteiger partial charge in [0, 0.05) is 23.8 Å². The largest absolute Gasteiger partial charge is 0.462 e. The molecule has 0 heterocycles. The van der Waals surface area contributed by atoms with Gasteiger partial charge in [-0.25, -0.2) is 4.79 Å². The number of hydrogen-bond acceptors (Lipinski definition) is 4. The van der Waals surface area contributed by atoms with Gasteiger partial charge in [0.1, 0.15) is 0 Å². The van der Waals surface area contributed by atoms with E-state index in [1.54, 1.807) is 19.1 Å². The van der Waals surface area contributed by atoms with E-state index in [1.807, 2.05) is 43.3 Å². The highest BCUT2D eigenvalue weighted by atomic mass is 16.5. The van der Waals surface area contributed by atoms with Gasteiger partial charge in [0.2, 0.25) is 5.91 Å². The molecule has 36 heavy (non-hydrogen) atoms. The summed E-state index contributed by atoms with van der Waals surface area (Å²) in [4.78, 5) is 24.5. The number of hydrogen-bond donors (Lipinski definition) is 2. The Morgan fingerprint density at radius 1 is 0.833 bits per heavy atom. The summed E-state index contributed by atoms with van der Waals surface area (Å²) in [6.45, 7) is 6.89. The number of esters is 1. The average molecular weight is 487 g/mol. The molecule has 0 aromatic heterocycles. The van der Waals surface area contributed by atoms with Crippen LogP contribution in [0.4, 0.5) is 11.4 Å². The van der Waals surface area contributed by atoms with Crippen molar-refractivity contribution in [2.75, 3.05) is 11.9 Å². The lowest BCUT2D eigenvalue weighted by Crippen LogP contribution is -2.28. The van der Waals surface area contributed by atoms with E-state index in [2.05, 4.69) is 41.8 Å². The summed E-state index contributed by atoms with van der Waals surface area (Å²) in [5.74, 6) is -0.156. The number of carbonyl (C=O) groups excluding carboxylic acids is 2. The number of anilines is 2. The van der Waals surface area contributed by atoms with Crippen molar-refractivity contribution in [3.63, 3.8) is 0 Å². The number of benzene rings is 3. The molecule has 2 N–H and O–H groups in total. The zero-order valence-corrected chi connectivity index (χ0v) is 21.7. The van der Waals surface area contributed by atoms with E-state index in [0.717, 1.165) is 40.9 Å². The molecule has 0 aliphatic rings. The second kappa shape index (κ2) is 14.1. The Morgan fingerprint density at radius 2 is 1.61 bits per heavy atom. The number of rotatable bonds is 13. The average Bonchev–Trinajstić information content (AvgIpc) is 2.90. The van der Waals surface area contributed by atoms with Gasteiger partial charge in [-0.2, -0.15) is 0 Å². The maximum atomic E-state index is 12.5.